The summed E-state index contributed by atoms with van der Waals surface area (Å²) in [6.07, 6.45) is 2.56. The molecule has 0 saturated carbocycles. The van der Waals surface area contributed by atoms with Crippen molar-refractivity contribution in [3.05, 3.63) is 12.2 Å². The van der Waals surface area contributed by atoms with E-state index in [1.54, 1.807) is 6.92 Å². The Morgan fingerprint density at radius 3 is 2.79 bits per heavy atom. The quantitative estimate of drug-likeness (QED) is 0.578. The molecule has 0 aliphatic carbocycles. The molecule has 1 aliphatic rings. The summed E-state index contributed by atoms with van der Waals surface area (Å²) in [5.74, 6) is -0.744. The van der Waals surface area contributed by atoms with Crippen LogP contribution in [0.15, 0.2) is 12.2 Å². The lowest BCUT2D eigenvalue weighted by atomic mass is 10.1. The van der Waals surface area contributed by atoms with Crippen molar-refractivity contribution in [2.75, 3.05) is 0 Å². The zero-order chi connectivity index (χ0) is 10.6. The van der Waals surface area contributed by atoms with E-state index in [0.717, 1.165) is 12.2 Å². The van der Waals surface area contributed by atoms with E-state index in [1.165, 1.54) is 0 Å². The Balaban J connectivity index is 2.65. The molecule has 0 saturated heterocycles. The van der Waals surface area contributed by atoms with Gasteiger partial charge in [0.2, 0.25) is 0 Å². The largest absolute Gasteiger partial charge is 0.460 e. The lowest BCUT2D eigenvalue weighted by Gasteiger charge is -2.15. The van der Waals surface area contributed by atoms with Gasteiger partial charge in [0.25, 0.3) is 0 Å². The summed E-state index contributed by atoms with van der Waals surface area (Å²) in [6, 6.07) is 0. The van der Waals surface area contributed by atoms with Crippen LogP contribution in [-0.2, 0) is 14.3 Å². The predicted octanol–water partition coefficient (Wildman–Crippen LogP) is 0.588. The number of carbonyl (C=O) groups is 2. The number of ketones is 1. The average molecular weight is 198 g/mol. The van der Waals surface area contributed by atoms with Crippen LogP contribution >= 0.6 is 0 Å². The lowest BCUT2D eigenvalue weighted by molar-refractivity contribution is -0.143. The van der Waals surface area contributed by atoms with Crippen LogP contribution in [0, 0.1) is 0 Å². The van der Waals surface area contributed by atoms with Gasteiger partial charge in [-0.25, -0.2) is 4.79 Å². The van der Waals surface area contributed by atoms with E-state index in [-0.39, 0.29) is 18.3 Å². The summed E-state index contributed by atoms with van der Waals surface area (Å²) >= 11 is 0. The number of ether oxygens (including phenoxy) is 1. The van der Waals surface area contributed by atoms with E-state index >= 15 is 0 Å². The van der Waals surface area contributed by atoms with Crippen molar-refractivity contribution < 1.29 is 19.4 Å². The fourth-order valence-electron chi connectivity index (χ4n) is 1.29. The highest BCUT2D eigenvalue weighted by Crippen LogP contribution is 2.10. The summed E-state index contributed by atoms with van der Waals surface area (Å²) in [7, 11) is 0. The molecule has 1 N–H and O–H groups in total. The van der Waals surface area contributed by atoms with Crippen LogP contribution in [0.3, 0.4) is 0 Å². The summed E-state index contributed by atoms with van der Waals surface area (Å²) < 4.78 is 4.93. The number of hydrogen-bond acceptors (Lipinski definition) is 4. The van der Waals surface area contributed by atoms with Gasteiger partial charge in [-0.2, -0.15) is 0 Å². The first-order chi connectivity index (χ1) is 6.58. The van der Waals surface area contributed by atoms with Gasteiger partial charge in [0.15, 0.2) is 5.78 Å². The van der Waals surface area contributed by atoms with Crippen LogP contribution in [0.1, 0.15) is 26.2 Å². The van der Waals surface area contributed by atoms with Crippen molar-refractivity contribution in [1.82, 2.24) is 0 Å². The average Bonchev–Trinajstić information content (AvgIpc) is 2.11. The minimum atomic E-state index is -0.633. The van der Waals surface area contributed by atoms with Gasteiger partial charge in [-0.3, -0.25) is 4.79 Å². The van der Waals surface area contributed by atoms with Crippen LogP contribution in [0.4, 0.5) is 0 Å². The molecule has 0 amide bonds. The van der Waals surface area contributed by atoms with Gasteiger partial charge in [-0.1, -0.05) is 0 Å². The Kier molecular flexibility index (Phi) is 3.83. The predicted molar refractivity (Wildman–Crippen MR) is 49.6 cm³/mol. The van der Waals surface area contributed by atoms with Crippen molar-refractivity contribution in [3.63, 3.8) is 0 Å². The van der Waals surface area contributed by atoms with E-state index < -0.39 is 12.1 Å². The van der Waals surface area contributed by atoms with Gasteiger partial charge in [-0.15, -0.1) is 0 Å². The molecule has 0 fully saturated rings. The van der Waals surface area contributed by atoms with Crippen LogP contribution in [-0.4, -0.2) is 29.1 Å². The molecule has 0 spiro atoms. The van der Waals surface area contributed by atoms with Gasteiger partial charge in [0.05, 0.1) is 12.2 Å². The van der Waals surface area contributed by atoms with Crippen LogP contribution in [0.5, 0.6) is 0 Å². The second-order valence-electron chi connectivity index (χ2n) is 3.48. The summed E-state index contributed by atoms with van der Waals surface area (Å²) in [5.41, 5.74) is 0. The Hall–Kier alpha value is -1.16. The topological polar surface area (TPSA) is 63.6 Å². The summed E-state index contributed by atoms with van der Waals surface area (Å²) in [4.78, 5) is 22.1. The fraction of sp³-hybridized carbons (Fsp3) is 0.600. The molecule has 78 valence electrons. The third-order valence-electron chi connectivity index (χ3n) is 2.07. The van der Waals surface area contributed by atoms with Crippen LogP contribution in [0.25, 0.3) is 0 Å². The zero-order valence-electron chi connectivity index (χ0n) is 8.10. The van der Waals surface area contributed by atoms with Gasteiger partial charge in [-0.05, 0) is 25.8 Å². The molecular weight excluding hydrogens is 184 g/mol. The number of hydrogen-bond donors (Lipinski definition) is 1. The monoisotopic (exact) mass is 198 g/mol. The molecule has 1 aliphatic heterocycles. The minimum Gasteiger partial charge on any atom is -0.460 e. The number of esters is 1. The van der Waals surface area contributed by atoms with Crippen molar-refractivity contribution in [3.8, 4) is 0 Å². The number of allylic oxidation sites excluding steroid dienone is 1. The molecule has 1 heterocycles. The van der Waals surface area contributed by atoms with Crippen molar-refractivity contribution >= 4 is 11.8 Å². The Morgan fingerprint density at radius 2 is 2.07 bits per heavy atom. The SMILES string of the molecule is C[C@@H]1CC[C@H](O)CC(=O)/C=C\C(=O)O1. The Labute approximate surface area is 82.6 Å². The Bertz CT molecular complexity index is 231. The standard InChI is InChI=1S/C10H14O4/c1-7-2-3-8(11)6-9(12)4-5-10(13)14-7/h4-5,7-8,11H,2-3,6H2,1H3/b5-4-/t7-,8+/m1/s1. The molecule has 14 heavy (non-hydrogen) atoms. The molecule has 0 aromatic rings. The maximum Gasteiger partial charge on any atom is 0.331 e. The fourth-order valence-corrected chi connectivity index (χ4v) is 1.29. The van der Waals surface area contributed by atoms with Crippen molar-refractivity contribution in [2.45, 2.75) is 38.4 Å². The first-order valence-corrected chi connectivity index (χ1v) is 4.67. The maximum absolute atomic E-state index is 11.1. The van der Waals surface area contributed by atoms with Gasteiger partial charge in [0, 0.05) is 12.5 Å². The summed E-state index contributed by atoms with van der Waals surface area (Å²) in [5, 5.41) is 9.39. The highest BCUT2D eigenvalue weighted by Gasteiger charge is 2.15. The molecule has 0 aromatic carbocycles. The van der Waals surface area contributed by atoms with Gasteiger partial charge in [0.1, 0.15) is 0 Å². The highest BCUT2D eigenvalue weighted by atomic mass is 16.5. The van der Waals surface area contributed by atoms with E-state index in [1.807, 2.05) is 0 Å². The van der Waals surface area contributed by atoms with E-state index in [2.05, 4.69) is 0 Å². The van der Waals surface area contributed by atoms with Crippen LogP contribution < -0.4 is 0 Å². The molecule has 0 aromatic heterocycles. The zero-order valence-corrected chi connectivity index (χ0v) is 8.10. The molecule has 1 rings (SSSR count). The second kappa shape index (κ2) is 4.91. The first kappa shape index (κ1) is 10.9. The summed E-state index contributed by atoms with van der Waals surface area (Å²) in [6.45, 7) is 1.77. The molecule has 4 nitrogen and oxygen atoms in total. The third kappa shape index (κ3) is 3.70. The van der Waals surface area contributed by atoms with E-state index in [4.69, 9.17) is 4.74 Å². The minimum absolute atomic E-state index is 0.0799. The molecule has 0 radical (unpaired) electrons. The highest BCUT2D eigenvalue weighted by molar-refractivity contribution is 5.96. The molecule has 0 bridgehead atoms. The maximum atomic E-state index is 11.1. The third-order valence-corrected chi connectivity index (χ3v) is 2.07. The van der Waals surface area contributed by atoms with Crippen molar-refractivity contribution in [1.29, 1.82) is 0 Å². The van der Waals surface area contributed by atoms with Gasteiger partial charge < -0.3 is 9.84 Å². The second-order valence-corrected chi connectivity index (χ2v) is 3.48. The number of aliphatic hydroxyl groups excluding tert-OH is 1. The molecular formula is C10H14O4. The number of carbonyl (C=O) groups excluding carboxylic acids is 2. The smallest absolute Gasteiger partial charge is 0.331 e. The van der Waals surface area contributed by atoms with Gasteiger partial charge >= 0.3 is 5.97 Å². The lowest BCUT2D eigenvalue weighted by Crippen LogP contribution is -2.20. The number of rotatable bonds is 0. The molecule has 2 atom stereocenters. The molecule has 4 heteroatoms. The number of aliphatic hydroxyl groups is 1. The Morgan fingerprint density at radius 1 is 1.36 bits per heavy atom. The van der Waals surface area contributed by atoms with E-state index in [9.17, 15) is 14.7 Å². The van der Waals surface area contributed by atoms with Crippen molar-refractivity contribution in [2.24, 2.45) is 0 Å². The molecule has 0 unspecified atom stereocenters. The van der Waals surface area contributed by atoms with Crippen LogP contribution in [0.2, 0.25) is 0 Å². The first-order valence-electron chi connectivity index (χ1n) is 4.67. The van der Waals surface area contributed by atoms with E-state index in [0.29, 0.717) is 12.8 Å². The normalized spacial score (nSPS) is 32.1. The number of cyclic esters (lactones) is 1.